The first kappa shape index (κ1) is 14.1. The van der Waals surface area contributed by atoms with Gasteiger partial charge in [-0.3, -0.25) is 9.59 Å². The van der Waals surface area contributed by atoms with Gasteiger partial charge in [0, 0.05) is 23.2 Å². The fourth-order valence-electron chi connectivity index (χ4n) is 2.39. The van der Waals surface area contributed by atoms with E-state index in [1.165, 1.54) is 0 Å². The van der Waals surface area contributed by atoms with Gasteiger partial charge in [-0.25, -0.2) is 0 Å². The molecule has 2 aromatic rings. The summed E-state index contributed by atoms with van der Waals surface area (Å²) < 4.78 is 0. The predicted molar refractivity (Wildman–Crippen MR) is 82.4 cm³/mol. The van der Waals surface area contributed by atoms with Gasteiger partial charge < -0.3 is 5.32 Å². The molecule has 1 heterocycles. The van der Waals surface area contributed by atoms with E-state index in [9.17, 15) is 9.59 Å². The van der Waals surface area contributed by atoms with Crippen LogP contribution < -0.4 is 5.32 Å². The van der Waals surface area contributed by atoms with Crippen molar-refractivity contribution in [1.29, 1.82) is 0 Å². The van der Waals surface area contributed by atoms with Crippen molar-refractivity contribution in [2.45, 2.75) is 6.42 Å². The van der Waals surface area contributed by atoms with Crippen molar-refractivity contribution >= 4 is 34.9 Å². The molecular formula is C16H11Cl2NO2. The summed E-state index contributed by atoms with van der Waals surface area (Å²) in [6, 6.07) is 10.1. The fourth-order valence-corrected chi connectivity index (χ4v) is 2.77. The quantitative estimate of drug-likeness (QED) is 0.861. The van der Waals surface area contributed by atoms with Gasteiger partial charge in [-0.15, -0.1) is 0 Å². The van der Waals surface area contributed by atoms with Crippen LogP contribution in [0.3, 0.4) is 0 Å². The summed E-state index contributed by atoms with van der Waals surface area (Å²) in [5.74, 6) is -0.397. The fraction of sp³-hybridized carbons (Fsp3) is 0.125. The number of fused-ring (bicyclic) bond motifs is 1. The van der Waals surface area contributed by atoms with Crippen LogP contribution in [0.15, 0.2) is 36.4 Å². The monoisotopic (exact) mass is 319 g/mol. The van der Waals surface area contributed by atoms with E-state index >= 15 is 0 Å². The first-order valence-electron chi connectivity index (χ1n) is 6.48. The minimum Gasteiger partial charge on any atom is -0.352 e. The van der Waals surface area contributed by atoms with Crippen LogP contribution in [0.5, 0.6) is 0 Å². The summed E-state index contributed by atoms with van der Waals surface area (Å²) in [6.07, 6.45) is 0.771. The van der Waals surface area contributed by atoms with E-state index in [0.717, 1.165) is 12.0 Å². The molecule has 1 N–H and O–H groups in total. The Balaban J connectivity index is 2.05. The van der Waals surface area contributed by atoms with Crippen LogP contribution in [0.1, 0.15) is 31.8 Å². The summed E-state index contributed by atoms with van der Waals surface area (Å²) in [5.41, 5.74) is 2.26. The third kappa shape index (κ3) is 2.55. The lowest BCUT2D eigenvalue weighted by Crippen LogP contribution is -2.32. The number of carbonyl (C=O) groups excluding carboxylic acids is 2. The van der Waals surface area contributed by atoms with E-state index in [2.05, 4.69) is 5.32 Å². The number of ketones is 1. The summed E-state index contributed by atoms with van der Waals surface area (Å²) in [6.45, 7) is 0.624. The number of hydrogen-bond donors (Lipinski definition) is 1. The Hall–Kier alpha value is -1.84. The Morgan fingerprint density at radius 3 is 2.76 bits per heavy atom. The zero-order valence-corrected chi connectivity index (χ0v) is 12.5. The van der Waals surface area contributed by atoms with Crippen molar-refractivity contribution in [3.05, 3.63) is 68.7 Å². The van der Waals surface area contributed by atoms with Crippen molar-refractivity contribution < 1.29 is 9.59 Å². The lowest BCUT2D eigenvalue weighted by molar-refractivity contribution is 0.0946. The number of hydrogen-bond acceptors (Lipinski definition) is 2. The minimum atomic E-state index is -0.247. The maximum atomic E-state index is 12.5. The average Bonchev–Trinajstić information content (AvgIpc) is 2.49. The smallest absolute Gasteiger partial charge is 0.251 e. The zero-order chi connectivity index (χ0) is 15.0. The van der Waals surface area contributed by atoms with Crippen LogP contribution >= 0.6 is 23.2 Å². The average molecular weight is 320 g/mol. The molecule has 1 aliphatic rings. The second-order valence-electron chi connectivity index (χ2n) is 4.81. The number of amides is 1. The number of rotatable bonds is 2. The highest BCUT2D eigenvalue weighted by atomic mass is 35.5. The van der Waals surface area contributed by atoms with Gasteiger partial charge >= 0.3 is 0 Å². The molecule has 0 aromatic heterocycles. The second-order valence-corrected chi connectivity index (χ2v) is 5.59. The first-order valence-corrected chi connectivity index (χ1v) is 7.23. The highest BCUT2D eigenvalue weighted by Crippen LogP contribution is 2.28. The second kappa shape index (κ2) is 5.51. The van der Waals surface area contributed by atoms with Gasteiger partial charge in [-0.05, 0) is 30.2 Å². The number of nitrogens with one attached hydrogen (secondary N) is 1. The molecule has 106 valence electrons. The van der Waals surface area contributed by atoms with Crippen molar-refractivity contribution in [1.82, 2.24) is 5.32 Å². The largest absolute Gasteiger partial charge is 0.352 e. The van der Waals surface area contributed by atoms with Crippen LogP contribution in [0, 0.1) is 0 Å². The molecule has 0 aliphatic carbocycles. The maximum Gasteiger partial charge on any atom is 0.251 e. The van der Waals surface area contributed by atoms with Crippen LogP contribution in [-0.4, -0.2) is 18.2 Å². The maximum absolute atomic E-state index is 12.5. The lowest BCUT2D eigenvalue weighted by Gasteiger charge is -2.17. The number of halogens is 2. The Morgan fingerprint density at radius 2 is 1.95 bits per heavy atom. The van der Waals surface area contributed by atoms with E-state index in [1.54, 1.807) is 30.3 Å². The van der Waals surface area contributed by atoms with Crippen molar-refractivity contribution in [2.24, 2.45) is 0 Å². The summed E-state index contributed by atoms with van der Waals surface area (Å²) >= 11 is 12.0. The summed E-state index contributed by atoms with van der Waals surface area (Å²) in [4.78, 5) is 24.4. The van der Waals surface area contributed by atoms with E-state index in [-0.39, 0.29) is 16.7 Å². The topological polar surface area (TPSA) is 46.2 Å². The number of carbonyl (C=O) groups is 2. The Morgan fingerprint density at radius 1 is 1.14 bits per heavy atom. The van der Waals surface area contributed by atoms with Gasteiger partial charge in [-0.1, -0.05) is 41.4 Å². The molecular weight excluding hydrogens is 309 g/mol. The SMILES string of the molecule is O=C1NCCc2ccc(C(=O)c3cccc(Cl)c3Cl)cc21. The Bertz CT molecular complexity index is 756. The summed E-state index contributed by atoms with van der Waals surface area (Å²) in [7, 11) is 0. The Labute approximate surface area is 131 Å². The highest BCUT2D eigenvalue weighted by molar-refractivity contribution is 6.44. The van der Waals surface area contributed by atoms with Gasteiger partial charge in [0.2, 0.25) is 0 Å². The molecule has 0 atom stereocenters. The Kier molecular flexibility index (Phi) is 3.70. The molecule has 1 aliphatic heterocycles. The van der Waals surface area contributed by atoms with E-state index < -0.39 is 0 Å². The van der Waals surface area contributed by atoms with Crippen LogP contribution in [0.25, 0.3) is 0 Å². The molecule has 5 heteroatoms. The van der Waals surface area contributed by atoms with Crippen molar-refractivity contribution in [3.8, 4) is 0 Å². The molecule has 3 rings (SSSR count). The third-order valence-electron chi connectivity index (χ3n) is 3.49. The van der Waals surface area contributed by atoms with E-state index in [1.807, 2.05) is 6.07 Å². The van der Waals surface area contributed by atoms with Crippen LogP contribution in [0.4, 0.5) is 0 Å². The first-order chi connectivity index (χ1) is 10.1. The van der Waals surface area contributed by atoms with Crippen LogP contribution in [0.2, 0.25) is 10.0 Å². The van der Waals surface area contributed by atoms with E-state index in [0.29, 0.717) is 28.3 Å². The molecule has 3 nitrogen and oxygen atoms in total. The predicted octanol–water partition coefficient (Wildman–Crippen LogP) is 3.51. The molecule has 0 unspecified atom stereocenters. The van der Waals surface area contributed by atoms with Crippen molar-refractivity contribution in [3.63, 3.8) is 0 Å². The highest BCUT2D eigenvalue weighted by Gasteiger charge is 2.20. The molecule has 0 saturated heterocycles. The van der Waals surface area contributed by atoms with Crippen molar-refractivity contribution in [2.75, 3.05) is 6.54 Å². The van der Waals surface area contributed by atoms with E-state index in [4.69, 9.17) is 23.2 Å². The third-order valence-corrected chi connectivity index (χ3v) is 4.31. The van der Waals surface area contributed by atoms with Gasteiger partial charge in [0.15, 0.2) is 5.78 Å². The molecule has 0 fully saturated rings. The summed E-state index contributed by atoms with van der Waals surface area (Å²) in [5, 5.41) is 3.33. The zero-order valence-electron chi connectivity index (χ0n) is 11.0. The van der Waals surface area contributed by atoms with Crippen LogP contribution in [-0.2, 0) is 6.42 Å². The molecule has 21 heavy (non-hydrogen) atoms. The van der Waals surface area contributed by atoms with Gasteiger partial charge in [0.1, 0.15) is 0 Å². The molecule has 0 spiro atoms. The van der Waals surface area contributed by atoms with Gasteiger partial charge in [0.25, 0.3) is 5.91 Å². The molecule has 0 bridgehead atoms. The standard InChI is InChI=1S/C16H11Cl2NO2/c17-13-3-1-2-11(14(13)18)15(20)10-5-4-9-6-7-19-16(21)12(9)8-10/h1-5,8H,6-7H2,(H,19,21). The molecule has 2 aromatic carbocycles. The lowest BCUT2D eigenvalue weighted by atomic mass is 9.94. The normalized spacial score (nSPS) is 13.5. The van der Waals surface area contributed by atoms with Gasteiger partial charge in [-0.2, -0.15) is 0 Å². The molecule has 0 radical (unpaired) electrons. The van der Waals surface area contributed by atoms with Gasteiger partial charge in [0.05, 0.1) is 10.0 Å². The number of benzene rings is 2. The molecule has 0 saturated carbocycles. The molecule has 1 amide bonds. The minimum absolute atomic E-state index is 0.150.